The predicted octanol–water partition coefficient (Wildman–Crippen LogP) is 3.73. The Kier molecular flexibility index (Phi) is 2.72. The van der Waals surface area contributed by atoms with Gasteiger partial charge in [0, 0.05) is 11.5 Å². The Bertz CT molecular complexity index is 222. The van der Waals surface area contributed by atoms with Crippen LogP contribution in [0.2, 0.25) is 0 Å². The third-order valence-electron chi connectivity index (χ3n) is 1.64. The molecule has 0 fully saturated rings. The predicted molar refractivity (Wildman–Crippen MR) is 56.6 cm³/mol. The van der Waals surface area contributed by atoms with Crippen molar-refractivity contribution in [3.05, 3.63) is 35.4 Å². The minimum atomic E-state index is 1.16. The van der Waals surface area contributed by atoms with Gasteiger partial charge in [0.25, 0.3) is 0 Å². The lowest BCUT2D eigenvalue weighted by molar-refractivity contribution is 1.29. The van der Waals surface area contributed by atoms with Crippen molar-refractivity contribution < 1.29 is 0 Å². The summed E-state index contributed by atoms with van der Waals surface area (Å²) in [6.45, 7) is 0. The molecule has 3 heteroatoms. The molecule has 1 heterocycles. The smallest absolute Gasteiger partial charge is 0.0300 e. The molecule has 2 rings (SSSR count). The van der Waals surface area contributed by atoms with Gasteiger partial charge in [0.1, 0.15) is 0 Å². The lowest BCUT2D eigenvalue weighted by atomic mass is 10.1. The van der Waals surface area contributed by atoms with E-state index in [2.05, 4.69) is 24.3 Å². The Morgan fingerprint density at radius 1 is 0.909 bits per heavy atom. The second-order valence-electron chi connectivity index (χ2n) is 2.36. The van der Waals surface area contributed by atoms with E-state index < -0.39 is 0 Å². The van der Waals surface area contributed by atoms with Gasteiger partial charge in [-0.1, -0.05) is 45.9 Å². The standard InChI is InChI=1S/C8H8S3/c1-2-4-8-6-10-11-9-5-7(8)3-1/h1-4H,5-6H2. The van der Waals surface area contributed by atoms with E-state index in [9.17, 15) is 0 Å². The van der Waals surface area contributed by atoms with Crippen LogP contribution in [0.4, 0.5) is 0 Å². The molecular weight excluding hydrogens is 192 g/mol. The zero-order chi connectivity index (χ0) is 7.52. The van der Waals surface area contributed by atoms with E-state index in [4.69, 9.17) is 0 Å². The highest BCUT2D eigenvalue weighted by molar-refractivity contribution is 9.09. The van der Waals surface area contributed by atoms with E-state index in [1.54, 1.807) is 0 Å². The zero-order valence-electron chi connectivity index (χ0n) is 5.95. The van der Waals surface area contributed by atoms with Gasteiger partial charge in [-0.2, -0.15) is 0 Å². The van der Waals surface area contributed by atoms with Crippen LogP contribution in [0.3, 0.4) is 0 Å². The van der Waals surface area contributed by atoms with E-state index in [1.807, 2.05) is 31.4 Å². The van der Waals surface area contributed by atoms with Crippen molar-refractivity contribution in [3.8, 4) is 0 Å². The average Bonchev–Trinajstić information content (AvgIpc) is 2.28. The second-order valence-corrected chi connectivity index (χ2v) is 6.59. The summed E-state index contributed by atoms with van der Waals surface area (Å²) >= 11 is 0. The van der Waals surface area contributed by atoms with Crippen LogP contribution in [0.1, 0.15) is 11.1 Å². The molecule has 0 N–H and O–H groups in total. The first kappa shape index (κ1) is 7.90. The highest BCUT2D eigenvalue weighted by atomic mass is 33.5. The molecule has 11 heavy (non-hydrogen) atoms. The molecule has 1 aromatic carbocycles. The van der Waals surface area contributed by atoms with Crippen LogP contribution in [0.15, 0.2) is 24.3 Å². The van der Waals surface area contributed by atoms with E-state index in [0.29, 0.717) is 0 Å². The highest BCUT2D eigenvalue weighted by Gasteiger charge is 2.06. The van der Waals surface area contributed by atoms with Gasteiger partial charge in [-0.3, -0.25) is 0 Å². The van der Waals surface area contributed by atoms with Crippen molar-refractivity contribution >= 4 is 31.4 Å². The minimum absolute atomic E-state index is 1.16. The molecule has 0 spiro atoms. The maximum absolute atomic E-state index is 2.23. The Morgan fingerprint density at radius 2 is 1.45 bits per heavy atom. The molecule has 1 aromatic rings. The summed E-state index contributed by atoms with van der Waals surface area (Å²) in [5, 5.41) is 0. The number of rotatable bonds is 0. The summed E-state index contributed by atoms with van der Waals surface area (Å²) in [5.41, 5.74) is 3.02. The molecule has 0 amide bonds. The highest BCUT2D eigenvalue weighted by Crippen LogP contribution is 2.42. The third kappa shape index (κ3) is 1.89. The molecular formula is C8H8S3. The van der Waals surface area contributed by atoms with Crippen molar-refractivity contribution in [1.29, 1.82) is 0 Å². The van der Waals surface area contributed by atoms with Gasteiger partial charge in [0.05, 0.1) is 0 Å². The van der Waals surface area contributed by atoms with Gasteiger partial charge in [0.15, 0.2) is 0 Å². The fourth-order valence-corrected chi connectivity index (χ4v) is 4.76. The molecule has 0 aromatic heterocycles. The topological polar surface area (TPSA) is 0 Å². The Morgan fingerprint density at radius 3 is 2.00 bits per heavy atom. The third-order valence-corrected chi connectivity index (χ3v) is 5.71. The number of hydrogen-bond acceptors (Lipinski definition) is 3. The lowest BCUT2D eigenvalue weighted by Gasteiger charge is -2.00. The molecule has 0 aliphatic carbocycles. The van der Waals surface area contributed by atoms with E-state index >= 15 is 0 Å². The van der Waals surface area contributed by atoms with Crippen molar-refractivity contribution in [2.24, 2.45) is 0 Å². The van der Waals surface area contributed by atoms with E-state index in [0.717, 1.165) is 11.5 Å². The van der Waals surface area contributed by atoms with Crippen LogP contribution >= 0.6 is 31.4 Å². The van der Waals surface area contributed by atoms with E-state index in [1.165, 1.54) is 11.1 Å². The number of fused-ring (bicyclic) bond motifs is 1. The van der Waals surface area contributed by atoms with Gasteiger partial charge < -0.3 is 0 Å². The SMILES string of the molecule is c1ccc2c(c1)CSSSC2. The summed E-state index contributed by atoms with van der Waals surface area (Å²) < 4.78 is 0. The number of hydrogen-bond donors (Lipinski definition) is 0. The zero-order valence-corrected chi connectivity index (χ0v) is 8.40. The fraction of sp³-hybridized carbons (Fsp3) is 0.250. The van der Waals surface area contributed by atoms with Crippen LogP contribution in [-0.4, -0.2) is 0 Å². The largest absolute Gasteiger partial charge is 0.0777 e. The van der Waals surface area contributed by atoms with Crippen molar-refractivity contribution in [2.45, 2.75) is 11.5 Å². The molecule has 1 aliphatic heterocycles. The summed E-state index contributed by atoms with van der Waals surface area (Å²) in [7, 11) is 5.78. The van der Waals surface area contributed by atoms with Crippen LogP contribution in [0.25, 0.3) is 0 Å². The van der Waals surface area contributed by atoms with Crippen LogP contribution < -0.4 is 0 Å². The molecule has 0 bridgehead atoms. The first-order valence-corrected chi connectivity index (χ1v) is 7.27. The molecule has 0 unspecified atom stereocenters. The summed E-state index contributed by atoms with van der Waals surface area (Å²) in [4.78, 5) is 0. The van der Waals surface area contributed by atoms with Gasteiger partial charge in [-0.05, 0) is 21.0 Å². The maximum atomic E-state index is 2.23. The monoisotopic (exact) mass is 200 g/mol. The van der Waals surface area contributed by atoms with Gasteiger partial charge in [-0.25, -0.2) is 0 Å². The fourth-order valence-electron chi connectivity index (χ4n) is 1.05. The summed E-state index contributed by atoms with van der Waals surface area (Å²) in [6, 6.07) is 8.71. The Labute approximate surface area is 78.3 Å². The molecule has 0 saturated carbocycles. The first-order valence-electron chi connectivity index (χ1n) is 3.45. The first-order chi connectivity index (χ1) is 5.47. The van der Waals surface area contributed by atoms with Gasteiger partial charge >= 0.3 is 0 Å². The molecule has 0 radical (unpaired) electrons. The van der Waals surface area contributed by atoms with Gasteiger partial charge in [-0.15, -0.1) is 0 Å². The van der Waals surface area contributed by atoms with Crippen LogP contribution in [0.5, 0.6) is 0 Å². The molecule has 0 atom stereocenters. The normalized spacial score (nSPS) is 17.1. The minimum Gasteiger partial charge on any atom is -0.0777 e. The average molecular weight is 200 g/mol. The van der Waals surface area contributed by atoms with Crippen molar-refractivity contribution in [2.75, 3.05) is 0 Å². The van der Waals surface area contributed by atoms with E-state index in [-0.39, 0.29) is 0 Å². The van der Waals surface area contributed by atoms with Crippen molar-refractivity contribution in [1.82, 2.24) is 0 Å². The van der Waals surface area contributed by atoms with Crippen LogP contribution in [-0.2, 0) is 11.5 Å². The maximum Gasteiger partial charge on any atom is 0.0300 e. The summed E-state index contributed by atoms with van der Waals surface area (Å²) in [5.74, 6) is 2.32. The lowest BCUT2D eigenvalue weighted by Crippen LogP contribution is -1.85. The molecule has 0 saturated heterocycles. The second kappa shape index (κ2) is 3.78. The quantitative estimate of drug-likeness (QED) is 0.586. The Hall–Kier alpha value is 0.270. The van der Waals surface area contributed by atoms with Crippen LogP contribution in [0, 0.1) is 0 Å². The summed E-state index contributed by atoms with van der Waals surface area (Å²) in [6.07, 6.45) is 0. The molecule has 1 aliphatic rings. The van der Waals surface area contributed by atoms with Crippen molar-refractivity contribution in [3.63, 3.8) is 0 Å². The molecule has 0 nitrogen and oxygen atoms in total. The Balaban J connectivity index is 2.33. The number of benzene rings is 1. The van der Waals surface area contributed by atoms with Gasteiger partial charge in [0.2, 0.25) is 0 Å². The molecule has 58 valence electrons.